The Morgan fingerprint density at radius 1 is 1.75 bits per heavy atom. The Balaban J connectivity index is 2.63. The highest BCUT2D eigenvalue weighted by Crippen LogP contribution is 2.18. The van der Waals surface area contributed by atoms with Crippen LogP contribution in [0.5, 0.6) is 0 Å². The fraction of sp³-hybridized carbons (Fsp3) is 0.429. The van der Waals surface area contributed by atoms with Crippen molar-refractivity contribution in [2.45, 2.75) is 17.3 Å². The second-order valence-corrected chi connectivity index (χ2v) is 3.78. The summed E-state index contributed by atoms with van der Waals surface area (Å²) in [6.45, 7) is 2.01. The van der Waals surface area contributed by atoms with Crippen LogP contribution in [0.15, 0.2) is 17.4 Å². The number of nitrogen functional groups attached to an aromatic ring is 1. The SMILES string of the molecule is CC(CO)Sc1nccc(N)n1. The summed E-state index contributed by atoms with van der Waals surface area (Å²) < 4.78 is 0. The number of hydrogen-bond donors (Lipinski definition) is 2. The summed E-state index contributed by atoms with van der Waals surface area (Å²) >= 11 is 1.41. The average Bonchev–Trinajstić information content (AvgIpc) is 2.04. The minimum atomic E-state index is 0.104. The molecule has 5 heteroatoms. The van der Waals surface area contributed by atoms with Crippen LogP contribution in [-0.4, -0.2) is 26.9 Å². The van der Waals surface area contributed by atoms with Crippen molar-refractivity contribution in [3.63, 3.8) is 0 Å². The van der Waals surface area contributed by atoms with Crippen LogP contribution in [0.3, 0.4) is 0 Å². The molecule has 0 aliphatic heterocycles. The second-order valence-electron chi connectivity index (χ2n) is 2.38. The number of rotatable bonds is 3. The van der Waals surface area contributed by atoms with E-state index in [0.717, 1.165) is 0 Å². The van der Waals surface area contributed by atoms with E-state index in [1.54, 1.807) is 12.3 Å². The van der Waals surface area contributed by atoms with Gasteiger partial charge in [0.2, 0.25) is 0 Å². The van der Waals surface area contributed by atoms with Gasteiger partial charge in [-0.2, -0.15) is 0 Å². The molecule has 0 fully saturated rings. The Kier molecular flexibility index (Phi) is 3.31. The molecule has 0 bridgehead atoms. The van der Waals surface area contributed by atoms with Gasteiger partial charge in [0.1, 0.15) is 5.82 Å². The van der Waals surface area contributed by atoms with Crippen LogP contribution in [0.25, 0.3) is 0 Å². The van der Waals surface area contributed by atoms with Gasteiger partial charge in [-0.1, -0.05) is 18.7 Å². The number of aliphatic hydroxyl groups is 1. The molecular formula is C7H11N3OS. The standard InChI is InChI=1S/C7H11N3OS/c1-5(4-11)12-7-9-3-2-6(8)10-7/h2-3,5,11H,4H2,1H3,(H2,8,9,10). The molecule has 4 nitrogen and oxygen atoms in total. The van der Waals surface area contributed by atoms with Gasteiger partial charge in [0.25, 0.3) is 0 Å². The molecule has 0 aliphatic rings. The first-order valence-corrected chi connectivity index (χ1v) is 4.46. The topological polar surface area (TPSA) is 72.0 Å². The summed E-state index contributed by atoms with van der Waals surface area (Å²) in [7, 11) is 0. The van der Waals surface area contributed by atoms with E-state index < -0.39 is 0 Å². The van der Waals surface area contributed by atoms with Gasteiger partial charge < -0.3 is 10.8 Å². The highest BCUT2D eigenvalue weighted by molar-refractivity contribution is 7.99. The summed E-state index contributed by atoms with van der Waals surface area (Å²) in [4.78, 5) is 7.97. The lowest BCUT2D eigenvalue weighted by molar-refractivity contribution is 0.300. The molecule has 1 unspecified atom stereocenters. The summed E-state index contributed by atoms with van der Waals surface area (Å²) in [5.74, 6) is 0.456. The first kappa shape index (κ1) is 9.28. The monoisotopic (exact) mass is 185 g/mol. The van der Waals surface area contributed by atoms with Gasteiger partial charge in [-0.25, -0.2) is 9.97 Å². The molecule has 1 aromatic rings. The number of nitrogens with zero attached hydrogens (tertiary/aromatic N) is 2. The van der Waals surface area contributed by atoms with Gasteiger partial charge in [-0.3, -0.25) is 0 Å². The lowest BCUT2D eigenvalue weighted by Gasteiger charge is -2.04. The van der Waals surface area contributed by atoms with Crippen molar-refractivity contribution < 1.29 is 5.11 Å². The molecule has 0 amide bonds. The molecule has 1 heterocycles. The van der Waals surface area contributed by atoms with Gasteiger partial charge >= 0.3 is 0 Å². The average molecular weight is 185 g/mol. The number of hydrogen-bond acceptors (Lipinski definition) is 5. The fourth-order valence-electron chi connectivity index (χ4n) is 0.628. The molecule has 3 N–H and O–H groups in total. The molecule has 0 saturated carbocycles. The van der Waals surface area contributed by atoms with Gasteiger partial charge in [-0.05, 0) is 6.07 Å². The van der Waals surface area contributed by atoms with Crippen molar-refractivity contribution in [2.24, 2.45) is 0 Å². The minimum Gasteiger partial charge on any atom is -0.395 e. The summed E-state index contributed by atoms with van der Waals surface area (Å²) in [5, 5.41) is 9.47. The van der Waals surface area contributed by atoms with Crippen molar-refractivity contribution in [1.29, 1.82) is 0 Å². The number of thioether (sulfide) groups is 1. The van der Waals surface area contributed by atoms with Crippen LogP contribution >= 0.6 is 11.8 Å². The van der Waals surface area contributed by atoms with Crippen molar-refractivity contribution in [2.75, 3.05) is 12.3 Å². The highest BCUT2D eigenvalue weighted by Gasteiger charge is 2.04. The first-order valence-electron chi connectivity index (χ1n) is 3.58. The maximum atomic E-state index is 8.76. The maximum Gasteiger partial charge on any atom is 0.189 e. The van der Waals surface area contributed by atoms with E-state index in [4.69, 9.17) is 10.8 Å². The zero-order valence-corrected chi connectivity index (χ0v) is 7.58. The van der Waals surface area contributed by atoms with E-state index in [9.17, 15) is 0 Å². The smallest absolute Gasteiger partial charge is 0.189 e. The minimum absolute atomic E-state index is 0.104. The second kappa shape index (κ2) is 4.27. The van der Waals surface area contributed by atoms with Crippen molar-refractivity contribution in [1.82, 2.24) is 9.97 Å². The molecule has 1 atom stereocenters. The Labute approximate surface area is 75.2 Å². The summed E-state index contributed by atoms with van der Waals surface area (Å²) in [6.07, 6.45) is 1.61. The van der Waals surface area contributed by atoms with Crippen molar-refractivity contribution in [3.05, 3.63) is 12.3 Å². The molecule has 1 aromatic heterocycles. The third kappa shape index (κ3) is 2.67. The number of aromatic nitrogens is 2. The Morgan fingerprint density at radius 2 is 2.50 bits per heavy atom. The van der Waals surface area contributed by atoms with Gasteiger partial charge in [0, 0.05) is 11.4 Å². The van der Waals surface area contributed by atoms with Gasteiger partial charge in [0.05, 0.1) is 6.61 Å². The number of aliphatic hydroxyl groups excluding tert-OH is 1. The predicted octanol–water partition coefficient (Wildman–Crippen LogP) is 0.532. The van der Waals surface area contributed by atoms with Crippen LogP contribution in [0.1, 0.15) is 6.92 Å². The molecule has 0 spiro atoms. The molecule has 0 saturated heterocycles. The van der Waals surface area contributed by atoms with Crippen LogP contribution in [0.4, 0.5) is 5.82 Å². The maximum absolute atomic E-state index is 8.76. The van der Waals surface area contributed by atoms with Crippen LogP contribution in [0, 0.1) is 0 Å². The molecule has 0 aromatic carbocycles. The Hall–Kier alpha value is -0.810. The third-order valence-electron chi connectivity index (χ3n) is 1.22. The molecule has 66 valence electrons. The van der Waals surface area contributed by atoms with Crippen LogP contribution < -0.4 is 5.73 Å². The molecule has 0 radical (unpaired) electrons. The molecule has 12 heavy (non-hydrogen) atoms. The zero-order chi connectivity index (χ0) is 8.97. The zero-order valence-electron chi connectivity index (χ0n) is 6.77. The van der Waals surface area contributed by atoms with Crippen molar-refractivity contribution >= 4 is 17.6 Å². The largest absolute Gasteiger partial charge is 0.395 e. The lowest BCUT2D eigenvalue weighted by Crippen LogP contribution is -2.03. The highest BCUT2D eigenvalue weighted by atomic mass is 32.2. The molecule has 1 rings (SSSR count). The Morgan fingerprint density at radius 3 is 3.08 bits per heavy atom. The molecular weight excluding hydrogens is 174 g/mol. The Bertz CT molecular complexity index is 256. The predicted molar refractivity (Wildman–Crippen MR) is 48.8 cm³/mol. The third-order valence-corrected chi connectivity index (χ3v) is 2.18. The van der Waals surface area contributed by atoms with Gasteiger partial charge in [0.15, 0.2) is 5.16 Å². The van der Waals surface area contributed by atoms with E-state index >= 15 is 0 Å². The van der Waals surface area contributed by atoms with Crippen molar-refractivity contribution in [3.8, 4) is 0 Å². The quantitative estimate of drug-likeness (QED) is 0.531. The number of nitrogens with two attached hydrogens (primary N) is 1. The van der Waals surface area contributed by atoms with E-state index in [2.05, 4.69) is 9.97 Å². The van der Waals surface area contributed by atoms with Crippen LogP contribution in [0.2, 0.25) is 0 Å². The normalized spacial score (nSPS) is 12.8. The van der Waals surface area contributed by atoms with Gasteiger partial charge in [-0.15, -0.1) is 0 Å². The van der Waals surface area contributed by atoms with Crippen LogP contribution in [-0.2, 0) is 0 Å². The summed E-state index contributed by atoms with van der Waals surface area (Å²) in [5.41, 5.74) is 5.45. The summed E-state index contributed by atoms with van der Waals surface area (Å²) in [6, 6.07) is 1.63. The first-order chi connectivity index (χ1) is 5.72. The van der Waals surface area contributed by atoms with E-state index in [-0.39, 0.29) is 11.9 Å². The molecule has 0 aliphatic carbocycles. The van der Waals surface area contributed by atoms with E-state index in [1.807, 2.05) is 6.92 Å². The fourth-order valence-corrected chi connectivity index (χ4v) is 1.34. The van der Waals surface area contributed by atoms with E-state index in [1.165, 1.54) is 11.8 Å². The lowest BCUT2D eigenvalue weighted by atomic mass is 10.5. The number of anilines is 1. The van der Waals surface area contributed by atoms with E-state index in [0.29, 0.717) is 11.0 Å².